The number of methoxy groups -OCH3 is 1. The number of benzene rings is 1. The van der Waals surface area contributed by atoms with E-state index in [-0.39, 0.29) is 0 Å². The summed E-state index contributed by atoms with van der Waals surface area (Å²) < 4.78 is 26.9. The van der Waals surface area contributed by atoms with E-state index < -0.39 is 13.8 Å². The molecule has 0 aromatic heterocycles. The lowest BCUT2D eigenvalue weighted by Crippen LogP contribution is -2.24. The van der Waals surface area contributed by atoms with Gasteiger partial charge in [0.2, 0.25) is 9.05 Å². The lowest BCUT2D eigenvalue weighted by molar-refractivity contribution is 0.411. The van der Waals surface area contributed by atoms with Crippen molar-refractivity contribution in [2.24, 2.45) is 0 Å². The monoisotopic (exact) mass is 262 g/mol. The van der Waals surface area contributed by atoms with Crippen LogP contribution in [0.3, 0.4) is 0 Å². The van der Waals surface area contributed by atoms with Crippen molar-refractivity contribution < 1.29 is 13.2 Å². The van der Waals surface area contributed by atoms with Crippen molar-refractivity contribution in [1.82, 2.24) is 0 Å². The third-order valence-corrected chi connectivity index (χ3v) is 5.31. The molecule has 90 valence electrons. The Hall–Kier alpha value is -0.740. The molecule has 1 rings (SSSR count). The molecule has 0 spiro atoms. The van der Waals surface area contributed by atoms with E-state index in [1.165, 1.54) is 0 Å². The molecule has 5 heteroatoms. The lowest BCUT2D eigenvalue weighted by atomic mass is 10.00. The van der Waals surface area contributed by atoms with Crippen molar-refractivity contribution in [3.8, 4) is 5.75 Å². The van der Waals surface area contributed by atoms with Crippen molar-refractivity contribution in [3.05, 3.63) is 29.3 Å². The van der Waals surface area contributed by atoms with Crippen LogP contribution in [0.2, 0.25) is 0 Å². The molecule has 1 aromatic rings. The Morgan fingerprint density at radius 3 is 2.25 bits per heavy atom. The van der Waals surface area contributed by atoms with Crippen molar-refractivity contribution in [1.29, 1.82) is 0 Å². The molecule has 1 aromatic carbocycles. The minimum absolute atomic E-state index is 0.654. The average molecular weight is 263 g/mol. The van der Waals surface area contributed by atoms with E-state index >= 15 is 0 Å². The van der Waals surface area contributed by atoms with Gasteiger partial charge in [-0.15, -0.1) is 0 Å². The highest BCUT2D eigenvalue weighted by molar-refractivity contribution is 8.14. The smallest absolute Gasteiger partial charge is 0.241 e. The highest BCUT2D eigenvalue weighted by Gasteiger charge is 2.34. The van der Waals surface area contributed by atoms with E-state index in [1.807, 2.05) is 6.92 Å². The standard InChI is InChI=1S/C11H15ClO3S/c1-8-7-9(5-6-10(8)15-4)11(2,3)16(12,13)14/h5-7H,1-4H3. The van der Waals surface area contributed by atoms with Gasteiger partial charge in [0.15, 0.2) is 0 Å². The van der Waals surface area contributed by atoms with Crippen LogP contribution in [-0.4, -0.2) is 15.5 Å². The first kappa shape index (κ1) is 13.3. The fourth-order valence-electron chi connectivity index (χ4n) is 1.39. The lowest BCUT2D eigenvalue weighted by Gasteiger charge is -2.22. The van der Waals surface area contributed by atoms with E-state index in [9.17, 15) is 8.42 Å². The van der Waals surface area contributed by atoms with Crippen LogP contribution in [0.15, 0.2) is 18.2 Å². The fraction of sp³-hybridized carbons (Fsp3) is 0.455. The van der Waals surface area contributed by atoms with Gasteiger partial charge < -0.3 is 4.74 Å². The van der Waals surface area contributed by atoms with Gasteiger partial charge in [-0.25, -0.2) is 8.42 Å². The van der Waals surface area contributed by atoms with Gasteiger partial charge >= 0.3 is 0 Å². The molecule has 0 unspecified atom stereocenters. The second kappa shape index (κ2) is 4.26. The Kier molecular flexibility index (Phi) is 3.55. The fourth-order valence-corrected chi connectivity index (χ4v) is 2.07. The maximum absolute atomic E-state index is 11.5. The quantitative estimate of drug-likeness (QED) is 0.787. The van der Waals surface area contributed by atoms with Crippen LogP contribution in [0.5, 0.6) is 5.75 Å². The van der Waals surface area contributed by atoms with E-state index in [2.05, 4.69) is 0 Å². The van der Waals surface area contributed by atoms with Crippen LogP contribution >= 0.6 is 10.7 Å². The summed E-state index contributed by atoms with van der Waals surface area (Å²) in [5, 5.41) is 0. The van der Waals surface area contributed by atoms with Crippen LogP contribution < -0.4 is 4.74 Å². The number of halogens is 1. The van der Waals surface area contributed by atoms with E-state index in [1.54, 1.807) is 39.2 Å². The largest absolute Gasteiger partial charge is 0.496 e. The molecule has 0 N–H and O–H groups in total. The second-order valence-electron chi connectivity index (χ2n) is 4.13. The molecule has 0 aliphatic carbocycles. The normalized spacial score (nSPS) is 12.6. The molecule has 0 aliphatic heterocycles. The van der Waals surface area contributed by atoms with E-state index in [0.29, 0.717) is 5.56 Å². The van der Waals surface area contributed by atoms with Gasteiger partial charge in [-0.1, -0.05) is 12.1 Å². The van der Waals surface area contributed by atoms with Crippen LogP contribution in [0.4, 0.5) is 0 Å². The molecule has 0 radical (unpaired) electrons. The van der Waals surface area contributed by atoms with Crippen molar-refractivity contribution in [2.45, 2.75) is 25.5 Å². The Bertz CT molecular complexity index is 492. The number of hydrogen-bond donors (Lipinski definition) is 0. The molecular formula is C11H15ClO3S. The van der Waals surface area contributed by atoms with Crippen molar-refractivity contribution >= 4 is 19.7 Å². The summed E-state index contributed by atoms with van der Waals surface area (Å²) >= 11 is 0. The Morgan fingerprint density at radius 2 is 1.88 bits per heavy atom. The molecule has 0 atom stereocenters. The highest BCUT2D eigenvalue weighted by atomic mass is 35.7. The summed E-state index contributed by atoms with van der Waals surface area (Å²) in [4.78, 5) is 0. The SMILES string of the molecule is COc1ccc(C(C)(C)S(=O)(=O)Cl)cc1C. The van der Waals surface area contributed by atoms with Gasteiger partial charge in [-0.3, -0.25) is 0 Å². The molecule has 3 nitrogen and oxygen atoms in total. The number of ether oxygens (including phenoxy) is 1. The topological polar surface area (TPSA) is 43.4 Å². The van der Waals surface area contributed by atoms with Gasteiger partial charge in [-0.05, 0) is 38.0 Å². The van der Waals surface area contributed by atoms with Gasteiger partial charge in [0, 0.05) is 10.7 Å². The predicted molar refractivity (Wildman–Crippen MR) is 65.5 cm³/mol. The maximum Gasteiger partial charge on any atom is 0.241 e. The van der Waals surface area contributed by atoms with Gasteiger partial charge in [0.05, 0.1) is 7.11 Å². The first-order chi connectivity index (χ1) is 7.20. The first-order valence-electron chi connectivity index (χ1n) is 4.79. The van der Waals surface area contributed by atoms with Crippen LogP contribution in [0, 0.1) is 6.92 Å². The molecule has 0 saturated heterocycles. The Morgan fingerprint density at radius 1 is 1.31 bits per heavy atom. The van der Waals surface area contributed by atoms with E-state index in [4.69, 9.17) is 15.4 Å². The highest BCUT2D eigenvalue weighted by Crippen LogP contribution is 2.34. The number of rotatable bonds is 3. The Balaban J connectivity index is 3.31. The summed E-state index contributed by atoms with van der Waals surface area (Å²) in [5.74, 6) is 0.728. The third kappa shape index (κ3) is 2.33. The van der Waals surface area contributed by atoms with Gasteiger partial charge in [-0.2, -0.15) is 0 Å². The predicted octanol–water partition coefficient (Wildman–Crippen LogP) is 2.81. The van der Waals surface area contributed by atoms with Gasteiger partial charge in [0.25, 0.3) is 0 Å². The van der Waals surface area contributed by atoms with E-state index in [0.717, 1.165) is 11.3 Å². The summed E-state index contributed by atoms with van der Waals surface area (Å²) in [5.41, 5.74) is 1.54. The van der Waals surface area contributed by atoms with Crippen LogP contribution in [0.1, 0.15) is 25.0 Å². The van der Waals surface area contributed by atoms with Crippen molar-refractivity contribution in [3.63, 3.8) is 0 Å². The molecular weight excluding hydrogens is 248 g/mol. The number of hydrogen-bond acceptors (Lipinski definition) is 3. The molecule has 0 bridgehead atoms. The molecule has 0 saturated carbocycles. The molecule has 0 amide bonds. The maximum atomic E-state index is 11.5. The van der Waals surface area contributed by atoms with Crippen molar-refractivity contribution in [2.75, 3.05) is 7.11 Å². The third-order valence-electron chi connectivity index (χ3n) is 2.70. The molecule has 0 fully saturated rings. The van der Waals surface area contributed by atoms with Crippen LogP contribution in [-0.2, 0) is 13.8 Å². The zero-order valence-electron chi connectivity index (χ0n) is 9.74. The van der Waals surface area contributed by atoms with Crippen LogP contribution in [0.25, 0.3) is 0 Å². The number of aryl methyl sites for hydroxylation is 1. The second-order valence-corrected chi connectivity index (χ2v) is 7.25. The van der Waals surface area contributed by atoms with Gasteiger partial charge in [0.1, 0.15) is 10.5 Å². The Labute approximate surface area is 101 Å². The zero-order valence-corrected chi connectivity index (χ0v) is 11.3. The summed E-state index contributed by atoms with van der Waals surface area (Å²) in [6.45, 7) is 5.02. The average Bonchev–Trinajstić information content (AvgIpc) is 2.15. The molecule has 0 aliphatic rings. The molecule has 0 heterocycles. The summed E-state index contributed by atoms with van der Waals surface area (Å²) in [6.07, 6.45) is 0. The minimum Gasteiger partial charge on any atom is -0.496 e. The molecule has 16 heavy (non-hydrogen) atoms. The first-order valence-corrected chi connectivity index (χ1v) is 7.10. The summed E-state index contributed by atoms with van der Waals surface area (Å²) in [6, 6.07) is 5.24. The zero-order chi connectivity index (χ0) is 12.6. The summed E-state index contributed by atoms with van der Waals surface area (Å²) in [7, 11) is 3.34. The minimum atomic E-state index is -3.66.